The van der Waals surface area contributed by atoms with Crippen molar-refractivity contribution in [1.82, 2.24) is 4.90 Å². The number of hydrogen-bond donors (Lipinski definition) is 0. The Morgan fingerprint density at radius 3 is 2.06 bits per heavy atom. The largest absolute Gasteiger partial charge is 1.00 e. The first-order valence-electron chi connectivity index (χ1n) is 13.5. The van der Waals surface area contributed by atoms with Gasteiger partial charge in [-0.3, -0.25) is 4.79 Å². The normalized spacial score (nSPS) is 11.4. The maximum absolute atomic E-state index is 13.2. The molecular weight excluding hydrogens is 488 g/mol. The molecule has 0 unspecified atom stereocenters. The molecule has 0 atom stereocenters. The molecule has 0 aliphatic rings. The highest BCUT2D eigenvalue weighted by atomic mass is 79.9. The molecule has 1 aromatic carbocycles. The zero-order valence-electron chi connectivity index (χ0n) is 23.3. The van der Waals surface area contributed by atoms with Crippen molar-refractivity contribution in [2.24, 2.45) is 0 Å². The van der Waals surface area contributed by atoms with E-state index in [1.54, 1.807) is 0 Å². The Kier molecular flexibility index (Phi) is 17.7. The summed E-state index contributed by atoms with van der Waals surface area (Å²) in [5.74, 6) is 1.81. The first kappa shape index (κ1) is 32.9. The number of quaternary nitrogens is 1. The number of aryl methyl sites for hydroxylation is 1. The highest BCUT2D eigenvalue weighted by Crippen LogP contribution is 2.24. The lowest BCUT2D eigenvalue weighted by Gasteiger charge is -2.32. The van der Waals surface area contributed by atoms with Gasteiger partial charge in [0.2, 0.25) is 0 Å². The SMILES string of the molecule is CCCCCCN(CCCCCC)C(=O)C[N+](C)(C)CCCOc1cc(C(C)C)ccc1C.[Br-]. The molecule has 1 aromatic rings. The van der Waals surface area contributed by atoms with E-state index in [1.165, 1.54) is 49.7 Å². The summed E-state index contributed by atoms with van der Waals surface area (Å²) in [4.78, 5) is 15.3. The van der Waals surface area contributed by atoms with E-state index in [4.69, 9.17) is 4.74 Å². The van der Waals surface area contributed by atoms with Crippen LogP contribution in [-0.4, -0.2) is 62.2 Å². The third kappa shape index (κ3) is 13.7. The van der Waals surface area contributed by atoms with Crippen molar-refractivity contribution in [3.63, 3.8) is 0 Å². The number of rotatable bonds is 18. The Balaban J connectivity index is 0.0000109. The molecule has 1 rings (SSSR count). The zero-order valence-corrected chi connectivity index (χ0v) is 24.9. The molecule has 0 aromatic heterocycles. The molecule has 0 saturated heterocycles. The van der Waals surface area contributed by atoms with Crippen molar-refractivity contribution >= 4 is 5.91 Å². The Morgan fingerprint density at radius 1 is 0.941 bits per heavy atom. The number of likely N-dealkylation sites (N-methyl/N-ethyl adjacent to an activating group) is 1. The smallest absolute Gasteiger partial charge is 0.277 e. The summed E-state index contributed by atoms with van der Waals surface area (Å²) in [5, 5.41) is 0. The van der Waals surface area contributed by atoms with Gasteiger partial charge in [-0.2, -0.15) is 0 Å². The highest BCUT2D eigenvalue weighted by Gasteiger charge is 2.24. The van der Waals surface area contributed by atoms with Crippen molar-refractivity contribution in [2.45, 2.75) is 98.3 Å². The molecule has 1 amide bonds. The zero-order chi connectivity index (χ0) is 24.7. The number of carbonyl (C=O) groups is 1. The minimum Gasteiger partial charge on any atom is -1.00 e. The van der Waals surface area contributed by atoms with E-state index in [0.29, 0.717) is 29.5 Å². The number of unbranched alkanes of at least 4 members (excludes halogenated alkanes) is 6. The molecular formula is C29H53BrN2O2. The minimum absolute atomic E-state index is 0. The molecule has 4 nitrogen and oxygen atoms in total. The predicted molar refractivity (Wildman–Crippen MR) is 142 cm³/mol. The fourth-order valence-corrected chi connectivity index (χ4v) is 4.17. The van der Waals surface area contributed by atoms with Crippen LogP contribution in [0.5, 0.6) is 5.75 Å². The number of amides is 1. The summed E-state index contributed by atoms with van der Waals surface area (Å²) in [5.41, 5.74) is 2.50. The molecule has 0 radical (unpaired) electrons. The molecule has 0 aliphatic carbocycles. The van der Waals surface area contributed by atoms with Crippen LogP contribution in [0.1, 0.15) is 103 Å². The Morgan fingerprint density at radius 2 is 1.53 bits per heavy atom. The van der Waals surface area contributed by atoms with E-state index in [1.807, 2.05) is 0 Å². The molecule has 0 bridgehead atoms. The fourth-order valence-electron chi connectivity index (χ4n) is 4.17. The Hall–Kier alpha value is -1.07. The molecule has 0 fully saturated rings. The van der Waals surface area contributed by atoms with Gasteiger partial charge in [-0.25, -0.2) is 0 Å². The second-order valence-corrected chi connectivity index (χ2v) is 10.7. The average Bonchev–Trinajstić information content (AvgIpc) is 2.76. The molecule has 198 valence electrons. The monoisotopic (exact) mass is 540 g/mol. The standard InChI is InChI=1S/C29H53N2O2.BrH/c1-8-10-12-14-19-30(20-15-13-11-9-2)29(32)24-31(6,7)21-16-22-33-28-23-27(25(3)4)18-17-26(28)5;/h17-18,23,25H,8-16,19-22,24H2,1-7H3;1H/q+1;/p-1. The van der Waals surface area contributed by atoms with Crippen molar-refractivity contribution in [3.05, 3.63) is 29.3 Å². The average molecular weight is 542 g/mol. The molecule has 5 heteroatoms. The van der Waals surface area contributed by atoms with Gasteiger partial charge < -0.3 is 31.1 Å². The minimum atomic E-state index is 0. The first-order valence-corrected chi connectivity index (χ1v) is 13.5. The van der Waals surface area contributed by atoms with Gasteiger partial charge in [0.15, 0.2) is 6.54 Å². The van der Waals surface area contributed by atoms with Crippen LogP contribution in [0.2, 0.25) is 0 Å². The van der Waals surface area contributed by atoms with Gasteiger partial charge in [-0.15, -0.1) is 0 Å². The molecule has 0 heterocycles. The first-order chi connectivity index (χ1) is 15.7. The predicted octanol–water partition coefficient (Wildman–Crippen LogP) is 3.96. The van der Waals surface area contributed by atoms with Crippen molar-refractivity contribution in [1.29, 1.82) is 0 Å². The van der Waals surface area contributed by atoms with E-state index >= 15 is 0 Å². The lowest BCUT2D eigenvalue weighted by molar-refractivity contribution is -0.882. The van der Waals surface area contributed by atoms with Gasteiger partial charge in [0.05, 0.1) is 27.2 Å². The molecule has 0 N–H and O–H groups in total. The maximum atomic E-state index is 13.2. The summed E-state index contributed by atoms with van der Waals surface area (Å²) < 4.78 is 6.84. The van der Waals surface area contributed by atoms with Crippen LogP contribution in [0.25, 0.3) is 0 Å². The Labute approximate surface area is 221 Å². The lowest BCUT2D eigenvalue weighted by Crippen LogP contribution is -3.00. The number of nitrogens with zero attached hydrogens (tertiary/aromatic N) is 2. The van der Waals surface area contributed by atoms with E-state index in [0.717, 1.165) is 44.6 Å². The van der Waals surface area contributed by atoms with Crippen molar-refractivity contribution in [3.8, 4) is 5.75 Å². The van der Waals surface area contributed by atoms with Crippen molar-refractivity contribution in [2.75, 3.05) is 46.9 Å². The van der Waals surface area contributed by atoms with E-state index in [2.05, 4.69) is 71.8 Å². The number of halogens is 1. The molecule has 0 aliphatic heterocycles. The molecule has 0 saturated carbocycles. The topological polar surface area (TPSA) is 29.5 Å². The van der Waals surface area contributed by atoms with Gasteiger partial charge in [0.1, 0.15) is 5.75 Å². The number of carbonyl (C=O) groups excluding carboxylic acids is 1. The van der Waals surface area contributed by atoms with E-state index < -0.39 is 0 Å². The van der Waals surface area contributed by atoms with E-state index in [9.17, 15) is 4.79 Å². The van der Waals surface area contributed by atoms with Gasteiger partial charge in [0, 0.05) is 19.5 Å². The number of ether oxygens (including phenoxy) is 1. The quantitative estimate of drug-likeness (QED) is 0.208. The lowest BCUT2D eigenvalue weighted by atomic mass is 10.0. The van der Waals surface area contributed by atoms with E-state index in [-0.39, 0.29) is 17.0 Å². The second-order valence-electron chi connectivity index (χ2n) is 10.7. The number of benzene rings is 1. The summed E-state index contributed by atoms with van der Waals surface area (Å²) in [6.45, 7) is 15.0. The van der Waals surface area contributed by atoms with Crippen LogP contribution in [0, 0.1) is 6.92 Å². The van der Waals surface area contributed by atoms with Crippen LogP contribution in [-0.2, 0) is 4.79 Å². The summed E-state index contributed by atoms with van der Waals surface area (Å²) >= 11 is 0. The Bertz CT molecular complexity index is 664. The summed E-state index contributed by atoms with van der Waals surface area (Å²) in [6.07, 6.45) is 10.6. The molecule has 0 spiro atoms. The maximum Gasteiger partial charge on any atom is 0.277 e. The van der Waals surface area contributed by atoms with Gasteiger partial charge in [-0.05, 0) is 42.9 Å². The van der Waals surface area contributed by atoms with Gasteiger partial charge >= 0.3 is 0 Å². The fraction of sp³-hybridized carbons (Fsp3) is 0.759. The van der Waals surface area contributed by atoms with Crippen LogP contribution in [0.15, 0.2) is 18.2 Å². The summed E-state index contributed by atoms with van der Waals surface area (Å²) in [6, 6.07) is 6.52. The highest BCUT2D eigenvalue weighted by molar-refractivity contribution is 5.77. The van der Waals surface area contributed by atoms with Crippen molar-refractivity contribution < 1.29 is 31.0 Å². The third-order valence-electron chi connectivity index (χ3n) is 6.52. The number of hydrogen-bond acceptors (Lipinski definition) is 2. The van der Waals surface area contributed by atoms with Crippen LogP contribution >= 0.6 is 0 Å². The van der Waals surface area contributed by atoms with Crippen LogP contribution < -0.4 is 21.7 Å². The van der Waals surface area contributed by atoms with Gasteiger partial charge in [-0.1, -0.05) is 78.4 Å². The van der Waals surface area contributed by atoms with Crippen LogP contribution in [0.4, 0.5) is 0 Å². The third-order valence-corrected chi connectivity index (χ3v) is 6.52. The second kappa shape index (κ2) is 18.2. The van der Waals surface area contributed by atoms with Gasteiger partial charge in [0.25, 0.3) is 5.91 Å². The molecule has 34 heavy (non-hydrogen) atoms. The van der Waals surface area contributed by atoms with Crippen LogP contribution in [0.3, 0.4) is 0 Å². The summed E-state index contributed by atoms with van der Waals surface area (Å²) in [7, 11) is 4.35.